The Bertz CT molecular complexity index is 1040. The molecule has 138 valence electrons. The normalized spacial score (nSPS) is 16.1. The number of carbonyl (C=O) groups excluding carboxylic acids is 3. The first kappa shape index (κ1) is 19.9. The average molecular weight is 535 g/mol. The minimum atomic E-state index is -0.916. The molecule has 2 N–H and O–H groups in total. The molecule has 1 saturated heterocycles. The van der Waals surface area contributed by atoms with Gasteiger partial charge < -0.3 is 5.11 Å². The van der Waals surface area contributed by atoms with E-state index in [1.807, 2.05) is 0 Å². The number of anilines is 1. The van der Waals surface area contributed by atoms with Crippen molar-refractivity contribution >= 4 is 84.7 Å². The number of urea groups is 1. The summed E-state index contributed by atoms with van der Waals surface area (Å²) in [6.07, 6.45) is 1.19. The monoisotopic (exact) mass is 532 g/mol. The first-order valence-electron chi connectivity index (χ1n) is 7.23. The van der Waals surface area contributed by atoms with Crippen LogP contribution in [0.5, 0.6) is 5.75 Å². The summed E-state index contributed by atoms with van der Waals surface area (Å²) in [7, 11) is 0. The van der Waals surface area contributed by atoms with Crippen LogP contribution in [0.4, 0.5) is 10.5 Å². The van der Waals surface area contributed by atoms with Crippen molar-refractivity contribution in [2.24, 2.45) is 0 Å². The lowest BCUT2D eigenvalue weighted by atomic mass is 10.1. The molecule has 0 aliphatic carbocycles. The molecule has 4 amide bonds. The van der Waals surface area contributed by atoms with Gasteiger partial charge in [-0.2, -0.15) is 0 Å². The number of benzene rings is 2. The molecular formula is C17H8Br2Cl2N2O4. The van der Waals surface area contributed by atoms with Gasteiger partial charge in [0.1, 0.15) is 11.3 Å². The molecule has 3 rings (SSSR count). The lowest BCUT2D eigenvalue weighted by Crippen LogP contribution is -2.54. The molecule has 1 heterocycles. The van der Waals surface area contributed by atoms with E-state index < -0.39 is 17.8 Å². The van der Waals surface area contributed by atoms with Gasteiger partial charge in [0.2, 0.25) is 0 Å². The standard InChI is InChI=1S/C17H8Br2Cl2N2O4/c18-8-3-7(14(24)11(19)5-8)4-10-15(25)22-17(27)23(16(10)26)9-1-2-12(20)13(21)6-9/h1-6,24H,(H,22,25,27)/b10-4+. The van der Waals surface area contributed by atoms with Crippen molar-refractivity contribution in [1.29, 1.82) is 0 Å². The molecule has 1 fully saturated rings. The zero-order chi connectivity index (χ0) is 19.9. The predicted octanol–water partition coefficient (Wildman–Crippen LogP) is 4.89. The molecular weight excluding hydrogens is 527 g/mol. The lowest BCUT2D eigenvalue weighted by molar-refractivity contribution is -0.122. The second kappa shape index (κ2) is 7.63. The molecule has 0 atom stereocenters. The minimum Gasteiger partial charge on any atom is -0.506 e. The van der Waals surface area contributed by atoms with Crippen molar-refractivity contribution < 1.29 is 19.5 Å². The Kier molecular flexibility index (Phi) is 5.62. The van der Waals surface area contributed by atoms with E-state index >= 15 is 0 Å². The van der Waals surface area contributed by atoms with Crippen molar-refractivity contribution in [3.8, 4) is 5.75 Å². The van der Waals surface area contributed by atoms with Crippen LogP contribution in [0.3, 0.4) is 0 Å². The number of nitrogens with one attached hydrogen (secondary N) is 1. The first-order valence-corrected chi connectivity index (χ1v) is 9.57. The van der Waals surface area contributed by atoms with Crippen LogP contribution in [0, 0.1) is 0 Å². The molecule has 0 bridgehead atoms. The third kappa shape index (κ3) is 3.89. The second-order valence-corrected chi connectivity index (χ2v) is 7.97. The lowest BCUT2D eigenvalue weighted by Gasteiger charge is -2.26. The van der Waals surface area contributed by atoms with E-state index in [1.54, 1.807) is 6.07 Å². The number of hydrogen-bond donors (Lipinski definition) is 2. The van der Waals surface area contributed by atoms with Gasteiger partial charge in [0, 0.05) is 10.0 Å². The second-order valence-electron chi connectivity index (χ2n) is 5.38. The molecule has 0 aromatic heterocycles. The summed E-state index contributed by atoms with van der Waals surface area (Å²) in [6, 6.07) is 6.39. The molecule has 6 nitrogen and oxygen atoms in total. The highest BCUT2D eigenvalue weighted by Crippen LogP contribution is 2.34. The Balaban J connectivity index is 2.09. The van der Waals surface area contributed by atoms with Gasteiger partial charge in [-0.1, -0.05) is 39.1 Å². The molecule has 10 heteroatoms. The number of barbiturate groups is 1. The molecule has 27 heavy (non-hydrogen) atoms. The number of carbonyl (C=O) groups is 3. The number of amides is 4. The van der Waals surface area contributed by atoms with E-state index in [9.17, 15) is 19.5 Å². The Morgan fingerprint density at radius 2 is 1.74 bits per heavy atom. The van der Waals surface area contributed by atoms with E-state index in [4.69, 9.17) is 23.2 Å². The van der Waals surface area contributed by atoms with Crippen LogP contribution in [0.25, 0.3) is 6.08 Å². The van der Waals surface area contributed by atoms with Crippen molar-refractivity contribution in [1.82, 2.24) is 5.32 Å². The van der Waals surface area contributed by atoms with E-state index in [2.05, 4.69) is 37.2 Å². The number of hydrogen-bond acceptors (Lipinski definition) is 4. The molecule has 0 unspecified atom stereocenters. The Labute approximate surface area is 180 Å². The maximum atomic E-state index is 12.8. The van der Waals surface area contributed by atoms with Gasteiger partial charge in [-0.25, -0.2) is 9.69 Å². The number of halogens is 4. The summed E-state index contributed by atoms with van der Waals surface area (Å²) in [5, 5.41) is 12.6. The summed E-state index contributed by atoms with van der Waals surface area (Å²) in [4.78, 5) is 38.0. The maximum absolute atomic E-state index is 12.8. The Morgan fingerprint density at radius 1 is 1.04 bits per heavy atom. The van der Waals surface area contributed by atoms with Gasteiger partial charge >= 0.3 is 6.03 Å². The van der Waals surface area contributed by atoms with E-state index in [0.29, 0.717) is 8.95 Å². The first-order chi connectivity index (χ1) is 12.7. The largest absolute Gasteiger partial charge is 0.506 e. The van der Waals surface area contributed by atoms with Gasteiger partial charge in [-0.3, -0.25) is 14.9 Å². The fourth-order valence-electron chi connectivity index (χ4n) is 2.37. The van der Waals surface area contributed by atoms with Gasteiger partial charge in [-0.15, -0.1) is 0 Å². The summed E-state index contributed by atoms with van der Waals surface area (Å²) in [6.45, 7) is 0. The maximum Gasteiger partial charge on any atom is 0.335 e. The summed E-state index contributed by atoms with van der Waals surface area (Å²) in [5.74, 6) is -1.90. The molecule has 2 aromatic rings. The fraction of sp³-hybridized carbons (Fsp3) is 0. The van der Waals surface area contributed by atoms with E-state index in [0.717, 1.165) is 4.90 Å². The summed E-state index contributed by atoms with van der Waals surface area (Å²) in [5.41, 5.74) is 0.0177. The zero-order valence-corrected chi connectivity index (χ0v) is 17.8. The molecule has 2 aromatic carbocycles. The van der Waals surface area contributed by atoms with Crippen LogP contribution in [0.2, 0.25) is 10.0 Å². The quantitative estimate of drug-likeness (QED) is 0.424. The van der Waals surface area contributed by atoms with Gasteiger partial charge in [0.25, 0.3) is 11.8 Å². The van der Waals surface area contributed by atoms with Gasteiger partial charge in [-0.05, 0) is 52.3 Å². The van der Waals surface area contributed by atoms with Crippen molar-refractivity contribution in [3.63, 3.8) is 0 Å². The van der Waals surface area contributed by atoms with Crippen LogP contribution in [-0.4, -0.2) is 23.0 Å². The third-order valence-electron chi connectivity index (χ3n) is 3.62. The van der Waals surface area contributed by atoms with Crippen LogP contribution >= 0.6 is 55.1 Å². The third-order valence-corrected chi connectivity index (χ3v) is 5.42. The SMILES string of the molecule is O=C1NC(=O)N(c2ccc(Cl)c(Cl)c2)C(=O)/C1=C/c1cc(Br)cc(Br)c1O. The highest BCUT2D eigenvalue weighted by Gasteiger charge is 2.37. The topological polar surface area (TPSA) is 86.7 Å². The zero-order valence-electron chi connectivity index (χ0n) is 13.1. The van der Waals surface area contributed by atoms with Crippen molar-refractivity contribution in [3.05, 3.63) is 60.5 Å². The van der Waals surface area contributed by atoms with E-state index in [1.165, 1.54) is 30.3 Å². The molecule has 1 aliphatic heterocycles. The van der Waals surface area contributed by atoms with Crippen LogP contribution < -0.4 is 10.2 Å². The Hall–Kier alpha value is -1.87. The molecule has 0 spiro atoms. The van der Waals surface area contributed by atoms with Crippen molar-refractivity contribution in [2.75, 3.05) is 4.90 Å². The summed E-state index contributed by atoms with van der Waals surface area (Å²) < 4.78 is 0.977. The summed E-state index contributed by atoms with van der Waals surface area (Å²) >= 11 is 18.3. The van der Waals surface area contributed by atoms with Gasteiger partial charge in [0.05, 0.1) is 20.2 Å². The highest BCUT2D eigenvalue weighted by molar-refractivity contribution is 9.11. The average Bonchev–Trinajstić information content (AvgIpc) is 2.58. The number of phenolic OH excluding ortho intramolecular Hbond substituents is 1. The van der Waals surface area contributed by atoms with Crippen LogP contribution in [0.15, 0.2) is 44.9 Å². The fourth-order valence-corrected chi connectivity index (χ4v) is 3.92. The number of phenols is 1. The number of nitrogens with zero attached hydrogens (tertiary/aromatic N) is 1. The minimum absolute atomic E-state index is 0.143. The smallest absolute Gasteiger partial charge is 0.335 e. The molecule has 0 radical (unpaired) electrons. The molecule has 1 aliphatic rings. The van der Waals surface area contributed by atoms with Crippen molar-refractivity contribution in [2.45, 2.75) is 0 Å². The van der Waals surface area contributed by atoms with E-state index in [-0.39, 0.29) is 32.6 Å². The van der Waals surface area contributed by atoms with Crippen LogP contribution in [-0.2, 0) is 9.59 Å². The Morgan fingerprint density at radius 3 is 2.41 bits per heavy atom. The number of imide groups is 2. The molecule has 0 saturated carbocycles. The predicted molar refractivity (Wildman–Crippen MR) is 109 cm³/mol. The number of rotatable bonds is 2. The highest BCUT2D eigenvalue weighted by atomic mass is 79.9. The van der Waals surface area contributed by atoms with Crippen LogP contribution in [0.1, 0.15) is 5.56 Å². The van der Waals surface area contributed by atoms with Gasteiger partial charge in [0.15, 0.2) is 0 Å². The number of aromatic hydroxyl groups is 1.